The van der Waals surface area contributed by atoms with E-state index in [1.165, 1.54) is 70.6 Å². The molecule has 2 heterocycles. The topological polar surface area (TPSA) is 78.8 Å². The van der Waals surface area contributed by atoms with Crippen LogP contribution in [0.5, 0.6) is 0 Å². The van der Waals surface area contributed by atoms with Gasteiger partial charge >= 0.3 is 0 Å². The molecular formula is C20H30N5+. The first-order valence-corrected chi connectivity index (χ1v) is 9.81. The van der Waals surface area contributed by atoms with Crippen LogP contribution >= 0.6 is 0 Å². The summed E-state index contributed by atoms with van der Waals surface area (Å²) < 4.78 is 0. The van der Waals surface area contributed by atoms with Gasteiger partial charge in [-0.25, -0.2) is 9.97 Å². The standard InChI is InChI=1S/C20H29N5/c21-20-23-18(19(24-25-20)17-12-14-22-15-13-17)16-10-8-6-4-2-1-3-5-7-9-11-16/h12-16H,1-11H2,(H2,21,23,25)/p+1. The third-order valence-electron chi connectivity index (χ3n) is 5.21. The van der Waals surface area contributed by atoms with E-state index in [0.717, 1.165) is 17.0 Å². The molecule has 25 heavy (non-hydrogen) atoms. The number of nitrogens with two attached hydrogens (primary N) is 1. The fraction of sp³-hybridized carbons (Fsp3) is 0.600. The fourth-order valence-corrected chi connectivity index (χ4v) is 3.82. The van der Waals surface area contributed by atoms with Crippen molar-refractivity contribution in [2.75, 3.05) is 5.73 Å². The molecule has 1 aliphatic carbocycles. The fourth-order valence-electron chi connectivity index (χ4n) is 3.82. The van der Waals surface area contributed by atoms with Crippen LogP contribution in [0, 0.1) is 0 Å². The second-order valence-corrected chi connectivity index (χ2v) is 7.15. The third-order valence-corrected chi connectivity index (χ3v) is 5.21. The van der Waals surface area contributed by atoms with Gasteiger partial charge in [0.05, 0.1) is 5.69 Å². The van der Waals surface area contributed by atoms with Gasteiger partial charge in [-0.3, -0.25) is 0 Å². The van der Waals surface area contributed by atoms with E-state index in [-0.39, 0.29) is 5.95 Å². The normalized spacial score (nSPS) is 18.2. The molecule has 5 heteroatoms. The molecule has 0 saturated heterocycles. The number of nitrogen functional groups attached to an aromatic ring is 1. The van der Waals surface area contributed by atoms with Crippen LogP contribution < -0.4 is 10.7 Å². The quantitative estimate of drug-likeness (QED) is 0.883. The third kappa shape index (κ3) is 5.21. The molecule has 134 valence electrons. The first-order chi connectivity index (χ1) is 12.3. The summed E-state index contributed by atoms with van der Waals surface area (Å²) in [7, 11) is 0. The summed E-state index contributed by atoms with van der Waals surface area (Å²) in [6.07, 6.45) is 18.2. The first-order valence-electron chi connectivity index (χ1n) is 9.81. The molecule has 1 saturated carbocycles. The lowest BCUT2D eigenvalue weighted by atomic mass is 9.88. The predicted octanol–water partition coefficient (Wildman–Crippen LogP) is 4.32. The van der Waals surface area contributed by atoms with Gasteiger partial charge in [0, 0.05) is 23.6 Å². The number of nitrogens with one attached hydrogen (secondary N) is 1. The highest BCUT2D eigenvalue weighted by molar-refractivity contribution is 5.61. The summed E-state index contributed by atoms with van der Waals surface area (Å²) in [5.74, 6) is 0.712. The molecule has 0 atom stereocenters. The molecule has 3 rings (SSSR count). The van der Waals surface area contributed by atoms with Crippen LogP contribution in [-0.4, -0.2) is 15.2 Å². The highest BCUT2D eigenvalue weighted by atomic mass is 15.2. The van der Waals surface area contributed by atoms with Gasteiger partial charge in [-0.1, -0.05) is 57.8 Å². The minimum absolute atomic E-state index is 0.285. The van der Waals surface area contributed by atoms with E-state index in [1.54, 1.807) is 0 Å². The zero-order chi connectivity index (χ0) is 17.3. The highest BCUT2D eigenvalue weighted by Crippen LogP contribution is 2.33. The summed E-state index contributed by atoms with van der Waals surface area (Å²) in [4.78, 5) is 7.70. The number of hydrogen-bond acceptors (Lipinski definition) is 4. The molecule has 2 aromatic heterocycles. The minimum Gasteiger partial charge on any atom is -0.366 e. The summed E-state index contributed by atoms with van der Waals surface area (Å²) >= 11 is 0. The SMILES string of the molecule is Nc1nnc(-c2cc[nH+]cc2)c(C2CCCCCCCCCCC2)n1. The largest absolute Gasteiger partial charge is 0.366 e. The number of pyridine rings is 1. The molecule has 0 spiro atoms. The van der Waals surface area contributed by atoms with Crippen LogP contribution in [0.2, 0.25) is 0 Å². The van der Waals surface area contributed by atoms with Crippen LogP contribution in [-0.2, 0) is 0 Å². The van der Waals surface area contributed by atoms with Gasteiger partial charge in [-0.15, -0.1) is 10.2 Å². The average molecular weight is 340 g/mol. The molecule has 0 unspecified atom stereocenters. The second-order valence-electron chi connectivity index (χ2n) is 7.15. The molecule has 3 N–H and O–H groups in total. The smallest absolute Gasteiger partial charge is 0.240 e. The molecule has 1 aliphatic rings. The Morgan fingerprint density at radius 3 is 1.96 bits per heavy atom. The van der Waals surface area contributed by atoms with Crippen LogP contribution in [0.3, 0.4) is 0 Å². The lowest BCUT2D eigenvalue weighted by Crippen LogP contribution is -2.11. The van der Waals surface area contributed by atoms with E-state index in [2.05, 4.69) is 20.2 Å². The number of H-pyrrole nitrogens is 1. The highest BCUT2D eigenvalue weighted by Gasteiger charge is 2.20. The van der Waals surface area contributed by atoms with Crippen LogP contribution in [0.15, 0.2) is 24.5 Å². The molecule has 0 radical (unpaired) electrons. The van der Waals surface area contributed by atoms with Crippen molar-refractivity contribution in [3.05, 3.63) is 30.2 Å². The summed E-state index contributed by atoms with van der Waals surface area (Å²) in [6.45, 7) is 0. The van der Waals surface area contributed by atoms with Crippen molar-refractivity contribution in [3.8, 4) is 11.3 Å². The summed E-state index contributed by atoms with van der Waals surface area (Å²) in [6, 6.07) is 4.06. The van der Waals surface area contributed by atoms with Gasteiger partial charge in [0.25, 0.3) is 0 Å². The first kappa shape index (κ1) is 17.8. The summed E-state index contributed by atoms with van der Waals surface area (Å²) in [5, 5.41) is 8.42. The maximum absolute atomic E-state index is 5.89. The number of hydrogen-bond donors (Lipinski definition) is 1. The van der Waals surface area contributed by atoms with E-state index in [9.17, 15) is 0 Å². The maximum Gasteiger partial charge on any atom is 0.240 e. The Morgan fingerprint density at radius 2 is 1.36 bits per heavy atom. The number of rotatable bonds is 2. The van der Waals surface area contributed by atoms with Crippen molar-refractivity contribution < 1.29 is 4.98 Å². The van der Waals surface area contributed by atoms with Crippen molar-refractivity contribution >= 4 is 5.95 Å². The Hall–Kier alpha value is -2.04. The van der Waals surface area contributed by atoms with Crippen molar-refractivity contribution in [2.24, 2.45) is 0 Å². The van der Waals surface area contributed by atoms with Gasteiger partial charge in [0.1, 0.15) is 5.69 Å². The van der Waals surface area contributed by atoms with E-state index >= 15 is 0 Å². The van der Waals surface area contributed by atoms with Crippen LogP contribution in [0.4, 0.5) is 5.95 Å². The molecule has 0 aromatic carbocycles. The second kappa shape index (κ2) is 9.44. The molecule has 0 aliphatic heterocycles. The average Bonchev–Trinajstić information content (AvgIpc) is 2.63. The molecule has 5 nitrogen and oxygen atoms in total. The van der Waals surface area contributed by atoms with Gasteiger partial charge in [-0.05, 0) is 12.8 Å². The molecular weight excluding hydrogens is 310 g/mol. The Labute approximate surface area is 150 Å². The molecule has 2 aromatic rings. The van der Waals surface area contributed by atoms with E-state index in [0.29, 0.717) is 5.92 Å². The number of aromatic amines is 1. The van der Waals surface area contributed by atoms with Crippen LogP contribution in [0.1, 0.15) is 82.2 Å². The number of nitrogens with zero attached hydrogens (tertiary/aromatic N) is 3. The van der Waals surface area contributed by atoms with Gasteiger partial charge in [0.15, 0.2) is 12.4 Å². The van der Waals surface area contributed by atoms with E-state index in [1.807, 2.05) is 24.5 Å². The maximum atomic E-state index is 5.89. The van der Waals surface area contributed by atoms with Crippen molar-refractivity contribution in [2.45, 2.75) is 76.5 Å². The van der Waals surface area contributed by atoms with Gasteiger partial charge in [0.2, 0.25) is 5.95 Å². The predicted molar refractivity (Wildman–Crippen MR) is 99.8 cm³/mol. The lowest BCUT2D eigenvalue weighted by Gasteiger charge is -2.19. The minimum atomic E-state index is 0.285. The zero-order valence-corrected chi connectivity index (χ0v) is 15.1. The van der Waals surface area contributed by atoms with Gasteiger partial charge < -0.3 is 5.73 Å². The van der Waals surface area contributed by atoms with Crippen molar-refractivity contribution in [3.63, 3.8) is 0 Å². The lowest BCUT2D eigenvalue weighted by molar-refractivity contribution is -0.377. The Kier molecular flexibility index (Phi) is 6.71. The zero-order valence-electron chi connectivity index (χ0n) is 15.1. The van der Waals surface area contributed by atoms with Crippen molar-refractivity contribution in [1.29, 1.82) is 0 Å². The number of aromatic nitrogens is 4. The van der Waals surface area contributed by atoms with E-state index < -0.39 is 0 Å². The van der Waals surface area contributed by atoms with Gasteiger partial charge in [-0.2, -0.15) is 0 Å². The Balaban J connectivity index is 1.84. The number of anilines is 1. The Morgan fingerprint density at radius 1 is 0.800 bits per heavy atom. The molecule has 0 bridgehead atoms. The molecule has 1 fully saturated rings. The Bertz CT molecular complexity index is 632. The van der Waals surface area contributed by atoms with Crippen molar-refractivity contribution in [1.82, 2.24) is 15.2 Å². The monoisotopic (exact) mass is 340 g/mol. The molecule has 0 amide bonds. The van der Waals surface area contributed by atoms with Crippen LogP contribution in [0.25, 0.3) is 11.3 Å². The summed E-state index contributed by atoms with van der Waals surface area (Å²) in [5.41, 5.74) is 8.88. The van der Waals surface area contributed by atoms with E-state index in [4.69, 9.17) is 5.73 Å².